The quantitative estimate of drug-likeness (QED) is 0.715. The lowest BCUT2D eigenvalue weighted by atomic mass is 9.91. The summed E-state index contributed by atoms with van der Waals surface area (Å²) in [5.41, 5.74) is 0. The van der Waals surface area contributed by atoms with E-state index in [0.717, 1.165) is 19.4 Å². The molecule has 1 rings (SSSR count). The molecule has 1 fully saturated rings. The number of hydrogen-bond acceptors (Lipinski definition) is 5. The van der Waals surface area contributed by atoms with Crippen LogP contribution in [0.4, 0.5) is 0 Å². The third kappa shape index (κ3) is 5.30. The molecule has 1 aliphatic heterocycles. The highest BCUT2D eigenvalue weighted by Crippen LogP contribution is 2.19. The van der Waals surface area contributed by atoms with Gasteiger partial charge in [0.15, 0.2) is 11.9 Å². The summed E-state index contributed by atoms with van der Waals surface area (Å²) in [6.45, 7) is 9.52. The highest BCUT2D eigenvalue weighted by atomic mass is 16.5. The van der Waals surface area contributed by atoms with Gasteiger partial charge in [0.2, 0.25) is 5.91 Å². The Morgan fingerprint density at radius 3 is 2.22 bits per heavy atom. The van der Waals surface area contributed by atoms with Crippen molar-refractivity contribution < 1.29 is 19.1 Å². The largest absolute Gasteiger partial charge is 0.454 e. The van der Waals surface area contributed by atoms with Gasteiger partial charge in [-0.1, -0.05) is 13.8 Å². The van der Waals surface area contributed by atoms with Gasteiger partial charge in [0, 0.05) is 6.04 Å². The molecule has 0 aromatic heterocycles. The lowest BCUT2D eigenvalue weighted by Crippen LogP contribution is -2.51. The number of esters is 1. The maximum absolute atomic E-state index is 12.5. The molecule has 23 heavy (non-hydrogen) atoms. The zero-order valence-electron chi connectivity index (χ0n) is 15.1. The molecule has 0 spiro atoms. The van der Waals surface area contributed by atoms with Crippen molar-refractivity contribution in [1.29, 1.82) is 0 Å². The third-order valence-electron chi connectivity index (χ3n) is 4.63. The van der Waals surface area contributed by atoms with Gasteiger partial charge in [-0.15, -0.1) is 0 Å². The number of likely N-dealkylation sites (N-methyl/N-ethyl adjacent to an activating group) is 1. The number of nitrogens with one attached hydrogen (secondary N) is 1. The van der Waals surface area contributed by atoms with Crippen molar-refractivity contribution in [3.63, 3.8) is 0 Å². The van der Waals surface area contributed by atoms with Crippen LogP contribution in [-0.2, 0) is 19.1 Å². The van der Waals surface area contributed by atoms with Crippen molar-refractivity contribution in [1.82, 2.24) is 10.2 Å². The molecule has 0 aromatic rings. The van der Waals surface area contributed by atoms with Crippen LogP contribution in [0.25, 0.3) is 0 Å². The first kappa shape index (κ1) is 19.6. The monoisotopic (exact) mass is 326 g/mol. The maximum atomic E-state index is 12.5. The predicted octanol–water partition coefficient (Wildman–Crippen LogP) is 1.38. The van der Waals surface area contributed by atoms with Crippen LogP contribution in [0.5, 0.6) is 0 Å². The van der Waals surface area contributed by atoms with E-state index >= 15 is 0 Å². The highest BCUT2D eigenvalue weighted by Gasteiger charge is 2.34. The number of rotatable bonds is 7. The van der Waals surface area contributed by atoms with Gasteiger partial charge in [-0.05, 0) is 53.1 Å². The summed E-state index contributed by atoms with van der Waals surface area (Å²) in [6.07, 6.45) is 1.09. The molecule has 6 heteroatoms. The average Bonchev–Trinajstić information content (AvgIpc) is 2.89. The number of likely N-dealkylation sites (tertiary alicyclic amines) is 1. The van der Waals surface area contributed by atoms with Crippen molar-refractivity contribution in [3.8, 4) is 0 Å². The van der Waals surface area contributed by atoms with Crippen LogP contribution in [0.1, 0.15) is 47.5 Å². The zero-order chi connectivity index (χ0) is 17.7. The Labute approximate surface area is 138 Å². The molecule has 0 bridgehead atoms. The second-order valence-electron chi connectivity index (χ2n) is 6.90. The van der Waals surface area contributed by atoms with Crippen LogP contribution < -0.4 is 5.32 Å². The smallest absolute Gasteiger partial charge is 0.311 e. The van der Waals surface area contributed by atoms with E-state index in [0.29, 0.717) is 0 Å². The Morgan fingerprint density at radius 1 is 1.17 bits per heavy atom. The van der Waals surface area contributed by atoms with Gasteiger partial charge >= 0.3 is 5.97 Å². The van der Waals surface area contributed by atoms with Gasteiger partial charge in [-0.25, -0.2) is 0 Å². The Bertz CT molecular complexity index is 450. The summed E-state index contributed by atoms with van der Waals surface area (Å²) in [7, 11) is 1.94. The summed E-state index contributed by atoms with van der Waals surface area (Å²) < 4.78 is 5.18. The van der Waals surface area contributed by atoms with E-state index in [1.807, 2.05) is 25.8 Å². The van der Waals surface area contributed by atoms with Gasteiger partial charge < -0.3 is 10.1 Å². The van der Waals surface area contributed by atoms with E-state index in [4.69, 9.17) is 4.74 Å². The standard InChI is InChI=1S/C17H30N2O4/c1-10(2)15(11(3)17(22)23-13(5)12(4)20)18-16(21)14-8-7-9-19(14)6/h10-11,13-15H,7-9H2,1-6H3,(H,18,21). The van der Waals surface area contributed by atoms with Crippen LogP contribution in [0.15, 0.2) is 0 Å². The maximum Gasteiger partial charge on any atom is 0.311 e. The molecule has 4 atom stereocenters. The normalized spacial score (nSPS) is 22.5. The van der Waals surface area contributed by atoms with Crippen molar-refractivity contribution in [3.05, 3.63) is 0 Å². The van der Waals surface area contributed by atoms with Gasteiger partial charge in [0.1, 0.15) is 0 Å². The van der Waals surface area contributed by atoms with Crippen LogP contribution in [0, 0.1) is 11.8 Å². The summed E-state index contributed by atoms with van der Waals surface area (Å²) in [4.78, 5) is 38.0. The Morgan fingerprint density at radius 2 is 1.78 bits per heavy atom. The lowest BCUT2D eigenvalue weighted by Gasteiger charge is -2.30. The lowest BCUT2D eigenvalue weighted by molar-refractivity contribution is -0.158. The fraction of sp³-hybridized carbons (Fsp3) is 0.824. The molecule has 1 N–H and O–H groups in total. The molecule has 6 nitrogen and oxygen atoms in total. The molecule has 1 amide bonds. The number of amides is 1. The van der Waals surface area contributed by atoms with Gasteiger partial charge in [0.25, 0.3) is 0 Å². The average molecular weight is 326 g/mol. The number of hydrogen-bond donors (Lipinski definition) is 1. The number of carbonyl (C=O) groups excluding carboxylic acids is 3. The molecule has 1 saturated heterocycles. The van der Waals surface area contributed by atoms with Gasteiger partial charge in [0.05, 0.1) is 12.0 Å². The van der Waals surface area contributed by atoms with Crippen LogP contribution >= 0.6 is 0 Å². The van der Waals surface area contributed by atoms with Crippen LogP contribution in [0.3, 0.4) is 0 Å². The summed E-state index contributed by atoms with van der Waals surface area (Å²) in [5.74, 6) is -1.11. The highest BCUT2D eigenvalue weighted by molar-refractivity contribution is 5.85. The number of nitrogens with zero attached hydrogens (tertiary/aromatic N) is 1. The van der Waals surface area contributed by atoms with Crippen molar-refractivity contribution >= 4 is 17.7 Å². The van der Waals surface area contributed by atoms with E-state index in [1.54, 1.807) is 13.8 Å². The fourth-order valence-electron chi connectivity index (χ4n) is 2.88. The summed E-state index contributed by atoms with van der Waals surface area (Å²) in [5, 5.41) is 3.01. The van der Waals surface area contributed by atoms with Gasteiger partial charge in [-0.3, -0.25) is 19.3 Å². The number of ketones is 1. The van der Waals surface area contributed by atoms with Crippen LogP contribution in [0.2, 0.25) is 0 Å². The third-order valence-corrected chi connectivity index (χ3v) is 4.63. The van der Waals surface area contributed by atoms with E-state index in [2.05, 4.69) is 5.32 Å². The Hall–Kier alpha value is -1.43. The van der Waals surface area contributed by atoms with Crippen molar-refractivity contribution in [2.24, 2.45) is 11.8 Å². The van der Waals surface area contributed by atoms with E-state index < -0.39 is 18.0 Å². The number of carbonyl (C=O) groups is 3. The molecule has 1 aliphatic rings. The molecule has 132 valence electrons. The number of Topliss-reactive ketones (excluding diaryl/α,β-unsaturated/α-hetero) is 1. The summed E-state index contributed by atoms with van der Waals surface area (Å²) in [6, 6.07) is -0.446. The fourth-order valence-corrected chi connectivity index (χ4v) is 2.88. The van der Waals surface area contributed by atoms with Crippen molar-refractivity contribution in [2.45, 2.75) is 65.6 Å². The summed E-state index contributed by atoms with van der Waals surface area (Å²) >= 11 is 0. The zero-order valence-corrected chi connectivity index (χ0v) is 15.1. The Kier molecular flexibility index (Phi) is 7.19. The van der Waals surface area contributed by atoms with Crippen molar-refractivity contribution in [2.75, 3.05) is 13.6 Å². The molecule has 4 unspecified atom stereocenters. The second-order valence-corrected chi connectivity index (χ2v) is 6.90. The first-order chi connectivity index (χ1) is 10.6. The predicted molar refractivity (Wildman–Crippen MR) is 87.8 cm³/mol. The molecule has 1 heterocycles. The Balaban J connectivity index is 2.71. The molecular weight excluding hydrogens is 296 g/mol. The first-order valence-electron chi connectivity index (χ1n) is 8.36. The molecule has 0 aromatic carbocycles. The van der Waals surface area contributed by atoms with E-state index in [9.17, 15) is 14.4 Å². The number of ether oxygens (including phenoxy) is 1. The SMILES string of the molecule is CC(=O)C(C)OC(=O)C(C)C(NC(=O)C1CCCN1C)C(C)C. The minimum Gasteiger partial charge on any atom is -0.454 e. The second kappa shape index (κ2) is 8.43. The van der Waals surface area contributed by atoms with Gasteiger partial charge in [-0.2, -0.15) is 0 Å². The molecular formula is C17H30N2O4. The molecule has 0 aliphatic carbocycles. The van der Waals surface area contributed by atoms with Crippen LogP contribution in [-0.4, -0.2) is 54.3 Å². The van der Waals surface area contributed by atoms with E-state index in [-0.39, 0.29) is 29.7 Å². The first-order valence-corrected chi connectivity index (χ1v) is 8.36. The molecule has 0 saturated carbocycles. The van der Waals surface area contributed by atoms with E-state index in [1.165, 1.54) is 6.92 Å². The molecule has 0 radical (unpaired) electrons. The topological polar surface area (TPSA) is 75.7 Å². The minimum atomic E-state index is -0.755. The minimum absolute atomic E-state index is 0.0389.